The highest BCUT2D eigenvalue weighted by molar-refractivity contribution is 5.97. The zero-order valence-electron chi connectivity index (χ0n) is 12.8. The van der Waals surface area contributed by atoms with E-state index in [2.05, 4.69) is 37.8 Å². The van der Waals surface area contributed by atoms with Crippen molar-refractivity contribution in [2.24, 2.45) is 0 Å². The molecule has 0 unspecified atom stereocenters. The lowest BCUT2D eigenvalue weighted by molar-refractivity contribution is -0.0652. The van der Waals surface area contributed by atoms with Crippen LogP contribution in [0.25, 0.3) is 0 Å². The molecule has 2 rings (SSSR count). The number of morpholine rings is 1. The molecule has 1 aromatic rings. The van der Waals surface area contributed by atoms with E-state index in [1.54, 1.807) is 0 Å². The molecule has 0 aliphatic carbocycles. The Hall–Kier alpha value is -1.19. The quantitative estimate of drug-likeness (QED) is 0.774. The van der Waals surface area contributed by atoms with Crippen LogP contribution in [0.5, 0.6) is 0 Å². The minimum absolute atomic E-state index is 0.203. The topological polar surface area (TPSA) is 29.5 Å². The van der Waals surface area contributed by atoms with Crippen molar-refractivity contribution in [2.45, 2.75) is 45.8 Å². The fourth-order valence-electron chi connectivity index (χ4n) is 2.85. The zero-order chi connectivity index (χ0) is 14.5. The maximum atomic E-state index is 12.3. The maximum absolute atomic E-state index is 12.3. The third-order valence-corrected chi connectivity index (χ3v) is 3.68. The summed E-state index contributed by atoms with van der Waals surface area (Å²) in [6, 6.07) is 8.06. The smallest absolute Gasteiger partial charge is 0.176 e. The van der Waals surface area contributed by atoms with Crippen LogP contribution in [-0.4, -0.2) is 42.5 Å². The predicted octanol–water partition coefficient (Wildman–Crippen LogP) is 2.93. The van der Waals surface area contributed by atoms with Crippen LogP contribution in [0, 0.1) is 0 Å². The standard InChI is InChI=1S/C17H25NO2/c1-4-5-15-6-8-16(9-7-15)17(19)12-18-10-13(2)20-14(3)11-18/h6-9,13-14H,4-5,10-12H2,1-3H3/t13-,14+. The number of hydrogen-bond donors (Lipinski definition) is 0. The van der Waals surface area contributed by atoms with Gasteiger partial charge in [-0.3, -0.25) is 9.69 Å². The summed E-state index contributed by atoms with van der Waals surface area (Å²) in [6.45, 7) is 8.46. The van der Waals surface area contributed by atoms with Crippen molar-refractivity contribution >= 4 is 5.78 Å². The van der Waals surface area contributed by atoms with E-state index in [1.807, 2.05) is 12.1 Å². The van der Waals surface area contributed by atoms with Gasteiger partial charge in [0.05, 0.1) is 18.8 Å². The van der Waals surface area contributed by atoms with Crippen molar-refractivity contribution < 1.29 is 9.53 Å². The first-order chi connectivity index (χ1) is 9.58. The molecule has 0 bridgehead atoms. The Bertz CT molecular complexity index is 431. The fraction of sp³-hybridized carbons (Fsp3) is 0.588. The number of ketones is 1. The number of ether oxygens (including phenoxy) is 1. The number of hydrogen-bond acceptors (Lipinski definition) is 3. The van der Waals surface area contributed by atoms with Crippen LogP contribution in [0.1, 0.15) is 43.1 Å². The normalized spacial score (nSPS) is 23.8. The highest BCUT2D eigenvalue weighted by Gasteiger charge is 2.23. The molecule has 1 heterocycles. The summed E-state index contributed by atoms with van der Waals surface area (Å²) in [7, 11) is 0. The Morgan fingerprint density at radius 1 is 1.20 bits per heavy atom. The van der Waals surface area contributed by atoms with Crippen LogP contribution in [-0.2, 0) is 11.2 Å². The van der Waals surface area contributed by atoms with Gasteiger partial charge in [0.2, 0.25) is 0 Å². The van der Waals surface area contributed by atoms with Crippen LogP contribution < -0.4 is 0 Å². The Labute approximate surface area is 121 Å². The van der Waals surface area contributed by atoms with E-state index in [-0.39, 0.29) is 18.0 Å². The van der Waals surface area contributed by atoms with Gasteiger partial charge in [-0.1, -0.05) is 37.6 Å². The van der Waals surface area contributed by atoms with Gasteiger partial charge >= 0.3 is 0 Å². The van der Waals surface area contributed by atoms with E-state index in [4.69, 9.17) is 4.74 Å². The van der Waals surface area contributed by atoms with E-state index in [1.165, 1.54) is 5.56 Å². The molecular formula is C17H25NO2. The molecule has 0 saturated carbocycles. The van der Waals surface area contributed by atoms with Gasteiger partial charge in [-0.25, -0.2) is 0 Å². The van der Waals surface area contributed by atoms with E-state index in [0.717, 1.165) is 31.5 Å². The molecule has 0 aromatic heterocycles. The summed E-state index contributed by atoms with van der Waals surface area (Å²) in [5.74, 6) is 0.203. The number of nitrogens with zero attached hydrogens (tertiary/aromatic N) is 1. The van der Waals surface area contributed by atoms with Gasteiger partial charge in [-0.2, -0.15) is 0 Å². The molecule has 0 spiro atoms. The second-order valence-corrected chi connectivity index (χ2v) is 5.82. The lowest BCUT2D eigenvalue weighted by Gasteiger charge is -2.34. The van der Waals surface area contributed by atoms with E-state index in [0.29, 0.717) is 6.54 Å². The van der Waals surface area contributed by atoms with Gasteiger partial charge in [-0.15, -0.1) is 0 Å². The molecule has 3 heteroatoms. The first kappa shape index (κ1) is 15.2. The SMILES string of the molecule is CCCc1ccc(C(=O)CN2C[C@@H](C)O[C@@H](C)C2)cc1. The highest BCUT2D eigenvalue weighted by Crippen LogP contribution is 2.13. The summed E-state index contributed by atoms with van der Waals surface area (Å²) in [5.41, 5.74) is 2.12. The van der Waals surface area contributed by atoms with Gasteiger partial charge in [0.15, 0.2) is 5.78 Å². The van der Waals surface area contributed by atoms with E-state index < -0.39 is 0 Å². The Kier molecular flexibility index (Phi) is 5.32. The molecule has 0 amide bonds. The van der Waals surface area contributed by atoms with Gasteiger partial charge < -0.3 is 4.74 Å². The Balaban J connectivity index is 1.93. The molecule has 3 nitrogen and oxygen atoms in total. The number of rotatable bonds is 5. The number of carbonyl (C=O) groups excluding carboxylic acids is 1. The molecule has 1 fully saturated rings. The van der Waals surface area contributed by atoms with Crippen LogP contribution in [0.2, 0.25) is 0 Å². The first-order valence-electron chi connectivity index (χ1n) is 7.58. The number of aryl methyl sites for hydroxylation is 1. The molecular weight excluding hydrogens is 250 g/mol. The predicted molar refractivity (Wildman–Crippen MR) is 81.2 cm³/mol. The second-order valence-electron chi connectivity index (χ2n) is 5.82. The van der Waals surface area contributed by atoms with Gasteiger partial charge in [0, 0.05) is 18.7 Å². The van der Waals surface area contributed by atoms with Crippen LogP contribution >= 0.6 is 0 Å². The first-order valence-corrected chi connectivity index (χ1v) is 7.58. The summed E-state index contributed by atoms with van der Waals surface area (Å²) in [5, 5.41) is 0. The van der Waals surface area contributed by atoms with Crippen molar-refractivity contribution in [1.29, 1.82) is 0 Å². The average molecular weight is 275 g/mol. The lowest BCUT2D eigenvalue weighted by atomic mass is 10.0. The minimum Gasteiger partial charge on any atom is -0.373 e. The molecule has 1 aliphatic heterocycles. The second kappa shape index (κ2) is 7.00. The molecule has 1 aliphatic rings. The van der Waals surface area contributed by atoms with Crippen molar-refractivity contribution in [3.63, 3.8) is 0 Å². The molecule has 110 valence electrons. The number of Topliss-reactive ketones (excluding diaryl/α,β-unsaturated/α-hetero) is 1. The molecule has 0 radical (unpaired) electrons. The summed E-state index contributed by atoms with van der Waals surface area (Å²) in [4.78, 5) is 14.5. The summed E-state index contributed by atoms with van der Waals surface area (Å²) < 4.78 is 5.69. The highest BCUT2D eigenvalue weighted by atomic mass is 16.5. The lowest BCUT2D eigenvalue weighted by Crippen LogP contribution is -2.47. The van der Waals surface area contributed by atoms with Crippen LogP contribution in [0.3, 0.4) is 0 Å². The molecule has 1 aromatic carbocycles. The van der Waals surface area contributed by atoms with Crippen molar-refractivity contribution in [1.82, 2.24) is 4.90 Å². The monoisotopic (exact) mass is 275 g/mol. The summed E-state index contributed by atoms with van der Waals surface area (Å²) in [6.07, 6.45) is 2.63. The maximum Gasteiger partial charge on any atom is 0.176 e. The average Bonchev–Trinajstić information content (AvgIpc) is 2.38. The minimum atomic E-state index is 0.203. The fourth-order valence-corrected chi connectivity index (χ4v) is 2.85. The van der Waals surface area contributed by atoms with Gasteiger partial charge in [-0.05, 0) is 25.8 Å². The molecule has 1 saturated heterocycles. The van der Waals surface area contributed by atoms with Gasteiger partial charge in [0.25, 0.3) is 0 Å². The van der Waals surface area contributed by atoms with E-state index >= 15 is 0 Å². The molecule has 20 heavy (non-hydrogen) atoms. The van der Waals surface area contributed by atoms with Crippen LogP contribution in [0.15, 0.2) is 24.3 Å². The number of carbonyl (C=O) groups is 1. The van der Waals surface area contributed by atoms with Crippen molar-refractivity contribution in [3.8, 4) is 0 Å². The van der Waals surface area contributed by atoms with E-state index in [9.17, 15) is 4.79 Å². The molecule has 2 atom stereocenters. The Morgan fingerprint density at radius 2 is 1.80 bits per heavy atom. The van der Waals surface area contributed by atoms with Crippen molar-refractivity contribution in [3.05, 3.63) is 35.4 Å². The third kappa shape index (κ3) is 4.15. The Morgan fingerprint density at radius 3 is 2.35 bits per heavy atom. The number of benzene rings is 1. The third-order valence-electron chi connectivity index (χ3n) is 3.68. The molecule has 0 N–H and O–H groups in total. The van der Waals surface area contributed by atoms with Crippen molar-refractivity contribution in [2.75, 3.05) is 19.6 Å². The van der Waals surface area contributed by atoms with Gasteiger partial charge in [0.1, 0.15) is 0 Å². The summed E-state index contributed by atoms with van der Waals surface area (Å²) >= 11 is 0. The zero-order valence-corrected chi connectivity index (χ0v) is 12.8. The largest absolute Gasteiger partial charge is 0.373 e. The van der Waals surface area contributed by atoms with Crippen LogP contribution in [0.4, 0.5) is 0 Å².